The first-order chi connectivity index (χ1) is 7.27. The highest BCUT2D eigenvalue weighted by Crippen LogP contribution is 2.46. The maximum atomic E-state index is 12.1. The van der Waals surface area contributed by atoms with Gasteiger partial charge in [0, 0.05) is 13.1 Å². The van der Waals surface area contributed by atoms with E-state index < -0.39 is 24.9 Å². The third-order valence-corrected chi connectivity index (χ3v) is 6.26. The summed E-state index contributed by atoms with van der Waals surface area (Å²) >= 11 is 0. The fraction of sp³-hybridized carbons (Fsp3) is 1.00. The molecule has 0 unspecified atom stereocenters. The van der Waals surface area contributed by atoms with Crippen LogP contribution in [0.4, 0.5) is 0 Å². The lowest BCUT2D eigenvalue weighted by molar-refractivity contribution is 0.278. The van der Waals surface area contributed by atoms with Gasteiger partial charge in [-0.05, 0) is 19.3 Å². The summed E-state index contributed by atoms with van der Waals surface area (Å²) < 4.78 is 50.9. The van der Waals surface area contributed by atoms with Crippen LogP contribution < -0.4 is 0 Å². The van der Waals surface area contributed by atoms with Crippen molar-refractivity contribution in [3.63, 3.8) is 0 Å². The third-order valence-electron chi connectivity index (χ3n) is 3.05. The molecule has 1 saturated carbocycles. The summed E-state index contributed by atoms with van der Waals surface area (Å²) in [4.78, 5) is 0. The molecule has 0 bridgehead atoms. The molecule has 94 valence electrons. The minimum Gasteiger partial charge on any atom is -0.269 e. The second-order valence-electron chi connectivity index (χ2n) is 4.41. The van der Waals surface area contributed by atoms with Gasteiger partial charge >= 0.3 is 0 Å². The van der Waals surface area contributed by atoms with E-state index in [1.165, 1.54) is 4.31 Å². The lowest BCUT2D eigenvalue weighted by Gasteiger charge is -2.33. The first-order valence-corrected chi connectivity index (χ1v) is 8.37. The zero-order valence-electron chi connectivity index (χ0n) is 9.05. The van der Waals surface area contributed by atoms with Crippen molar-refractivity contribution in [2.24, 2.45) is 0 Å². The zero-order chi connectivity index (χ0) is 12.0. The van der Waals surface area contributed by atoms with Gasteiger partial charge in [0.15, 0.2) is 0 Å². The highest BCUT2D eigenvalue weighted by Gasteiger charge is 2.58. The Morgan fingerprint density at radius 3 is 2.06 bits per heavy atom. The molecule has 1 aliphatic heterocycles. The van der Waals surface area contributed by atoms with Crippen LogP contribution in [0.3, 0.4) is 0 Å². The summed E-state index contributed by atoms with van der Waals surface area (Å²) in [6.07, 6.45) is 2.78. The monoisotopic (exact) mass is 269 g/mol. The van der Waals surface area contributed by atoms with E-state index in [1.54, 1.807) is 0 Å². The molecule has 2 aliphatic rings. The van der Waals surface area contributed by atoms with Crippen LogP contribution >= 0.6 is 0 Å². The average molecular weight is 269 g/mol. The van der Waals surface area contributed by atoms with Gasteiger partial charge in [-0.3, -0.25) is 4.18 Å². The van der Waals surface area contributed by atoms with Crippen LogP contribution in [0.5, 0.6) is 0 Å². The molecule has 2 fully saturated rings. The lowest BCUT2D eigenvalue weighted by atomic mass is 10.3. The number of rotatable bonds is 5. The van der Waals surface area contributed by atoms with Gasteiger partial charge in [0.25, 0.3) is 10.1 Å². The molecule has 0 spiro atoms. The summed E-state index contributed by atoms with van der Waals surface area (Å²) in [5.74, 6) is 0. The third kappa shape index (κ3) is 2.11. The molecule has 16 heavy (non-hydrogen) atoms. The molecule has 1 saturated heterocycles. The predicted octanol–water partition coefficient (Wildman–Crippen LogP) is -0.469. The first kappa shape index (κ1) is 12.3. The smallest absolute Gasteiger partial charge is 0.264 e. The maximum Gasteiger partial charge on any atom is 0.264 e. The number of hydrogen-bond donors (Lipinski definition) is 0. The Morgan fingerprint density at radius 2 is 1.75 bits per heavy atom. The largest absolute Gasteiger partial charge is 0.269 e. The van der Waals surface area contributed by atoms with E-state index in [9.17, 15) is 16.8 Å². The van der Waals surface area contributed by atoms with Crippen molar-refractivity contribution in [1.82, 2.24) is 4.31 Å². The molecule has 0 amide bonds. The Morgan fingerprint density at radius 1 is 1.19 bits per heavy atom. The zero-order valence-corrected chi connectivity index (χ0v) is 10.7. The number of nitrogens with zero attached hydrogens (tertiary/aromatic N) is 1. The van der Waals surface area contributed by atoms with Crippen LogP contribution in [0.2, 0.25) is 0 Å². The predicted molar refractivity (Wildman–Crippen MR) is 57.9 cm³/mol. The van der Waals surface area contributed by atoms with Gasteiger partial charge in [0.2, 0.25) is 10.0 Å². The Hall–Kier alpha value is -0.180. The molecular weight excluding hydrogens is 254 g/mol. The molecule has 6 nitrogen and oxygen atoms in total. The fourth-order valence-electron chi connectivity index (χ4n) is 1.63. The van der Waals surface area contributed by atoms with Crippen molar-refractivity contribution in [3.8, 4) is 0 Å². The molecule has 0 atom stereocenters. The van der Waals surface area contributed by atoms with Crippen LogP contribution in [0.15, 0.2) is 0 Å². The summed E-state index contributed by atoms with van der Waals surface area (Å²) in [7, 11) is -6.94. The van der Waals surface area contributed by atoms with Crippen molar-refractivity contribution in [2.45, 2.75) is 24.0 Å². The maximum absolute atomic E-state index is 12.1. The summed E-state index contributed by atoms with van der Waals surface area (Å²) in [6.45, 7) is 0.844. The van der Waals surface area contributed by atoms with Gasteiger partial charge < -0.3 is 0 Å². The normalized spacial score (nSPS) is 25.1. The van der Waals surface area contributed by atoms with E-state index in [4.69, 9.17) is 0 Å². The van der Waals surface area contributed by atoms with Gasteiger partial charge in [-0.15, -0.1) is 0 Å². The molecule has 0 aromatic carbocycles. The first-order valence-electron chi connectivity index (χ1n) is 5.11. The fourth-order valence-corrected chi connectivity index (χ4v) is 4.26. The number of hydrogen-bond acceptors (Lipinski definition) is 5. The molecule has 0 aromatic rings. The molecule has 1 heterocycles. The van der Waals surface area contributed by atoms with Crippen molar-refractivity contribution >= 4 is 20.1 Å². The van der Waals surface area contributed by atoms with E-state index in [0.29, 0.717) is 25.9 Å². The van der Waals surface area contributed by atoms with Crippen LogP contribution in [-0.2, 0) is 24.3 Å². The molecule has 0 N–H and O–H groups in total. The topological polar surface area (TPSA) is 80.8 Å². The quantitative estimate of drug-likeness (QED) is 0.630. The van der Waals surface area contributed by atoms with Gasteiger partial charge in [-0.25, -0.2) is 12.7 Å². The van der Waals surface area contributed by atoms with Gasteiger partial charge in [-0.1, -0.05) is 0 Å². The SMILES string of the molecule is CS(=O)(=O)OCC1(S(=O)(=O)N2CCC2)CC1. The van der Waals surface area contributed by atoms with Crippen molar-refractivity contribution < 1.29 is 21.0 Å². The van der Waals surface area contributed by atoms with Crippen LogP contribution in [0.1, 0.15) is 19.3 Å². The summed E-state index contributed by atoms with van der Waals surface area (Å²) in [6, 6.07) is 0. The Labute approximate surface area is 95.8 Å². The van der Waals surface area contributed by atoms with Gasteiger partial charge in [0.1, 0.15) is 4.75 Å². The minimum absolute atomic E-state index is 0.245. The van der Waals surface area contributed by atoms with Crippen molar-refractivity contribution in [2.75, 3.05) is 26.0 Å². The second kappa shape index (κ2) is 3.66. The van der Waals surface area contributed by atoms with Crippen LogP contribution in [-0.4, -0.2) is 51.8 Å². The molecule has 0 aromatic heterocycles. The minimum atomic E-state index is -3.57. The molecule has 1 aliphatic carbocycles. The highest BCUT2D eigenvalue weighted by atomic mass is 32.2. The van der Waals surface area contributed by atoms with Crippen LogP contribution in [0, 0.1) is 0 Å². The number of sulfonamides is 1. The van der Waals surface area contributed by atoms with Crippen molar-refractivity contribution in [3.05, 3.63) is 0 Å². The Bertz CT molecular complexity index is 473. The van der Waals surface area contributed by atoms with E-state index in [-0.39, 0.29) is 6.61 Å². The van der Waals surface area contributed by atoms with E-state index in [1.807, 2.05) is 0 Å². The molecular formula is C8H15NO5S2. The Balaban J connectivity index is 2.08. The molecule has 0 radical (unpaired) electrons. The second-order valence-corrected chi connectivity index (χ2v) is 8.38. The average Bonchev–Trinajstić information content (AvgIpc) is 2.74. The van der Waals surface area contributed by atoms with Gasteiger partial charge in [0.05, 0.1) is 12.9 Å². The molecule has 2 rings (SSSR count). The summed E-state index contributed by atoms with van der Waals surface area (Å²) in [5.41, 5.74) is 0. The van der Waals surface area contributed by atoms with E-state index >= 15 is 0 Å². The lowest BCUT2D eigenvalue weighted by Crippen LogP contribution is -2.49. The molecule has 8 heteroatoms. The highest BCUT2D eigenvalue weighted by molar-refractivity contribution is 7.91. The Kier molecular flexibility index (Phi) is 2.81. The van der Waals surface area contributed by atoms with E-state index in [2.05, 4.69) is 4.18 Å². The standard InChI is InChI=1S/C8H15NO5S2/c1-15(10,11)14-7-8(3-4-8)16(12,13)9-5-2-6-9/h2-7H2,1H3. The summed E-state index contributed by atoms with van der Waals surface area (Å²) in [5, 5.41) is 0. The van der Waals surface area contributed by atoms with Crippen LogP contribution in [0.25, 0.3) is 0 Å². The van der Waals surface area contributed by atoms with Gasteiger partial charge in [-0.2, -0.15) is 8.42 Å². The van der Waals surface area contributed by atoms with E-state index in [0.717, 1.165) is 12.7 Å². The van der Waals surface area contributed by atoms with Crippen molar-refractivity contribution in [1.29, 1.82) is 0 Å².